The van der Waals surface area contributed by atoms with E-state index in [1.165, 1.54) is 11.3 Å². The number of rotatable bonds is 8. The van der Waals surface area contributed by atoms with E-state index < -0.39 is 0 Å². The Morgan fingerprint density at radius 3 is 2.67 bits per heavy atom. The van der Waals surface area contributed by atoms with Crippen LogP contribution < -0.4 is 4.90 Å². The zero-order valence-corrected chi connectivity index (χ0v) is 16.7. The molecule has 27 heavy (non-hydrogen) atoms. The van der Waals surface area contributed by atoms with Crippen LogP contribution in [0, 0.1) is 0 Å². The zero-order valence-electron chi connectivity index (χ0n) is 15.9. The van der Waals surface area contributed by atoms with Gasteiger partial charge in [0.1, 0.15) is 0 Å². The molecule has 3 rings (SSSR count). The van der Waals surface area contributed by atoms with Gasteiger partial charge >= 0.3 is 0 Å². The van der Waals surface area contributed by atoms with Gasteiger partial charge in [0.2, 0.25) is 11.8 Å². The van der Waals surface area contributed by atoms with Crippen molar-refractivity contribution in [2.24, 2.45) is 0 Å². The molecule has 7 heteroatoms. The van der Waals surface area contributed by atoms with Crippen LogP contribution in [0.3, 0.4) is 0 Å². The molecule has 2 aromatic rings. The number of anilines is 1. The zero-order chi connectivity index (χ0) is 19.2. The molecule has 0 saturated carbocycles. The van der Waals surface area contributed by atoms with Gasteiger partial charge in [-0.05, 0) is 26.1 Å². The summed E-state index contributed by atoms with van der Waals surface area (Å²) in [4.78, 5) is 35.0. The highest BCUT2D eigenvalue weighted by Crippen LogP contribution is 2.25. The SMILES string of the molecule is CN(C)CCN(Cc1ccccc1)C(=O)Cc1csc(N2CCCC2=O)n1. The van der Waals surface area contributed by atoms with E-state index in [1.54, 1.807) is 4.90 Å². The molecule has 6 nitrogen and oxygen atoms in total. The van der Waals surface area contributed by atoms with Crippen LogP contribution in [0.1, 0.15) is 24.1 Å². The van der Waals surface area contributed by atoms with Crippen LogP contribution in [0.2, 0.25) is 0 Å². The molecule has 1 aromatic heterocycles. The van der Waals surface area contributed by atoms with Crippen molar-refractivity contribution >= 4 is 28.3 Å². The second-order valence-corrected chi connectivity index (χ2v) is 7.89. The van der Waals surface area contributed by atoms with Crippen molar-refractivity contribution in [3.63, 3.8) is 0 Å². The number of carbonyl (C=O) groups is 2. The lowest BCUT2D eigenvalue weighted by Gasteiger charge is -2.24. The summed E-state index contributed by atoms with van der Waals surface area (Å²) in [5.41, 5.74) is 1.86. The Morgan fingerprint density at radius 2 is 2.00 bits per heavy atom. The number of amides is 2. The quantitative estimate of drug-likeness (QED) is 0.699. The lowest BCUT2D eigenvalue weighted by atomic mass is 10.2. The first-order chi connectivity index (χ1) is 13.0. The summed E-state index contributed by atoms with van der Waals surface area (Å²) in [7, 11) is 4.01. The number of hydrogen-bond donors (Lipinski definition) is 0. The van der Waals surface area contributed by atoms with E-state index in [9.17, 15) is 9.59 Å². The first kappa shape index (κ1) is 19.5. The van der Waals surface area contributed by atoms with Crippen molar-refractivity contribution < 1.29 is 9.59 Å². The van der Waals surface area contributed by atoms with Gasteiger partial charge in [0, 0.05) is 38.0 Å². The van der Waals surface area contributed by atoms with Gasteiger partial charge in [0.25, 0.3) is 0 Å². The molecule has 144 valence electrons. The van der Waals surface area contributed by atoms with Gasteiger partial charge in [-0.15, -0.1) is 11.3 Å². The fourth-order valence-corrected chi connectivity index (χ4v) is 3.90. The first-order valence-electron chi connectivity index (χ1n) is 9.24. The highest BCUT2D eigenvalue weighted by molar-refractivity contribution is 7.14. The van der Waals surface area contributed by atoms with E-state index in [2.05, 4.69) is 9.88 Å². The van der Waals surface area contributed by atoms with E-state index in [-0.39, 0.29) is 18.2 Å². The third-order valence-electron chi connectivity index (χ3n) is 4.56. The van der Waals surface area contributed by atoms with Gasteiger partial charge in [-0.25, -0.2) is 4.98 Å². The van der Waals surface area contributed by atoms with Crippen LogP contribution in [0.15, 0.2) is 35.7 Å². The van der Waals surface area contributed by atoms with Crippen molar-refractivity contribution in [1.29, 1.82) is 0 Å². The summed E-state index contributed by atoms with van der Waals surface area (Å²) >= 11 is 1.44. The van der Waals surface area contributed by atoms with Gasteiger partial charge in [-0.2, -0.15) is 0 Å². The minimum absolute atomic E-state index is 0.0605. The molecule has 1 aromatic carbocycles. The van der Waals surface area contributed by atoms with Crippen LogP contribution in [0.5, 0.6) is 0 Å². The molecule has 0 N–H and O–H groups in total. The summed E-state index contributed by atoms with van der Waals surface area (Å²) in [5.74, 6) is 0.184. The molecule has 0 atom stereocenters. The second-order valence-electron chi connectivity index (χ2n) is 7.05. The third-order valence-corrected chi connectivity index (χ3v) is 5.47. The number of aromatic nitrogens is 1. The van der Waals surface area contributed by atoms with Crippen molar-refractivity contribution in [2.45, 2.75) is 25.8 Å². The number of hydrogen-bond acceptors (Lipinski definition) is 5. The van der Waals surface area contributed by atoms with Crippen molar-refractivity contribution in [3.8, 4) is 0 Å². The Labute approximate surface area is 164 Å². The lowest BCUT2D eigenvalue weighted by molar-refractivity contribution is -0.131. The van der Waals surface area contributed by atoms with E-state index in [0.717, 1.165) is 30.8 Å². The number of benzene rings is 1. The Balaban J connectivity index is 1.66. The molecule has 1 aliphatic rings. The molecule has 2 heterocycles. The maximum atomic E-state index is 12.9. The number of nitrogens with zero attached hydrogens (tertiary/aromatic N) is 4. The highest BCUT2D eigenvalue weighted by atomic mass is 32.1. The molecule has 1 fully saturated rings. The fourth-order valence-electron chi connectivity index (χ4n) is 3.04. The molecule has 1 aliphatic heterocycles. The summed E-state index contributed by atoms with van der Waals surface area (Å²) < 4.78 is 0. The minimum atomic E-state index is 0.0605. The Kier molecular flexibility index (Phi) is 6.58. The van der Waals surface area contributed by atoms with Gasteiger partial charge in [-0.3, -0.25) is 14.5 Å². The highest BCUT2D eigenvalue weighted by Gasteiger charge is 2.25. The average molecular weight is 387 g/mol. The number of thiazole rings is 1. The summed E-state index contributed by atoms with van der Waals surface area (Å²) in [5, 5.41) is 2.61. The van der Waals surface area contributed by atoms with Crippen LogP contribution in [0.4, 0.5) is 5.13 Å². The second kappa shape index (κ2) is 9.10. The predicted octanol–water partition coefficient (Wildman–Crippen LogP) is 2.40. The Bertz CT molecular complexity index is 775. The topological polar surface area (TPSA) is 56.8 Å². The monoisotopic (exact) mass is 386 g/mol. The number of likely N-dealkylation sites (N-methyl/N-ethyl adjacent to an activating group) is 1. The van der Waals surface area contributed by atoms with Gasteiger partial charge in [0.15, 0.2) is 5.13 Å². The molecule has 1 saturated heterocycles. The van der Waals surface area contributed by atoms with Gasteiger partial charge in [-0.1, -0.05) is 30.3 Å². The maximum Gasteiger partial charge on any atom is 0.228 e. The molecule has 0 unspecified atom stereocenters. The van der Waals surface area contributed by atoms with Crippen LogP contribution in [-0.2, 0) is 22.6 Å². The van der Waals surface area contributed by atoms with Crippen molar-refractivity contribution in [3.05, 3.63) is 47.0 Å². The maximum absolute atomic E-state index is 12.9. The Hall–Kier alpha value is -2.25. The fraction of sp³-hybridized carbons (Fsp3) is 0.450. The molecule has 0 spiro atoms. The molecule has 0 bridgehead atoms. The standard InChI is InChI=1S/C20H26N4O2S/c1-22(2)11-12-23(14-16-7-4-3-5-8-16)19(26)13-17-15-27-20(21-17)24-10-6-9-18(24)25/h3-5,7-8,15H,6,9-14H2,1-2H3. The Morgan fingerprint density at radius 1 is 1.22 bits per heavy atom. The molecular weight excluding hydrogens is 360 g/mol. The molecular formula is C20H26N4O2S. The van der Waals surface area contributed by atoms with Crippen LogP contribution in [-0.4, -0.2) is 60.3 Å². The van der Waals surface area contributed by atoms with E-state index >= 15 is 0 Å². The van der Waals surface area contributed by atoms with Crippen LogP contribution in [0.25, 0.3) is 0 Å². The summed E-state index contributed by atoms with van der Waals surface area (Å²) in [6.07, 6.45) is 1.73. The predicted molar refractivity (Wildman–Crippen MR) is 108 cm³/mol. The number of carbonyl (C=O) groups excluding carboxylic acids is 2. The summed E-state index contributed by atoms with van der Waals surface area (Å²) in [6, 6.07) is 10.0. The van der Waals surface area contributed by atoms with E-state index in [1.807, 2.05) is 54.7 Å². The third kappa shape index (κ3) is 5.37. The smallest absolute Gasteiger partial charge is 0.228 e. The lowest BCUT2D eigenvalue weighted by Crippen LogP contribution is -2.37. The van der Waals surface area contributed by atoms with Crippen molar-refractivity contribution in [2.75, 3.05) is 38.6 Å². The largest absolute Gasteiger partial charge is 0.337 e. The first-order valence-corrected chi connectivity index (χ1v) is 10.1. The molecule has 0 radical (unpaired) electrons. The minimum Gasteiger partial charge on any atom is -0.337 e. The molecule has 2 amide bonds. The van der Waals surface area contributed by atoms with Gasteiger partial charge < -0.3 is 9.80 Å². The summed E-state index contributed by atoms with van der Waals surface area (Å²) in [6.45, 7) is 2.79. The van der Waals surface area contributed by atoms with Crippen LogP contribution >= 0.6 is 11.3 Å². The molecule has 0 aliphatic carbocycles. The van der Waals surface area contributed by atoms with Gasteiger partial charge in [0.05, 0.1) is 12.1 Å². The van der Waals surface area contributed by atoms with E-state index in [4.69, 9.17) is 0 Å². The average Bonchev–Trinajstić information content (AvgIpc) is 3.27. The van der Waals surface area contributed by atoms with E-state index in [0.29, 0.717) is 24.6 Å². The normalized spacial score (nSPS) is 14.2. The van der Waals surface area contributed by atoms with Crippen molar-refractivity contribution in [1.82, 2.24) is 14.8 Å².